The van der Waals surface area contributed by atoms with Crippen LogP contribution in [-0.4, -0.2) is 31.1 Å². The van der Waals surface area contributed by atoms with Gasteiger partial charge in [0, 0.05) is 15.7 Å². The Bertz CT molecular complexity index is 808. The largest absolute Gasteiger partial charge is 0.376 e. The second-order valence-electron chi connectivity index (χ2n) is 7.10. The molecule has 0 aromatic heterocycles. The zero-order valence-electron chi connectivity index (χ0n) is 13.9. The second kappa shape index (κ2) is 5.54. The molecule has 3 rings (SSSR count). The van der Waals surface area contributed by atoms with E-state index >= 15 is 0 Å². The molecule has 3 atom stereocenters. The molecule has 24 heavy (non-hydrogen) atoms. The Hall–Kier alpha value is -0.920. The Balaban J connectivity index is 2.27. The molecule has 0 spiro atoms. The maximum absolute atomic E-state index is 14.6. The van der Waals surface area contributed by atoms with Gasteiger partial charge in [-0.05, 0) is 45.4 Å². The summed E-state index contributed by atoms with van der Waals surface area (Å²) in [7, 11) is -3.60. The summed E-state index contributed by atoms with van der Waals surface area (Å²) < 4.78 is 46.6. The number of nitrogens with one attached hydrogen (secondary N) is 1. The average Bonchev–Trinajstić information content (AvgIpc) is 2.50. The molecular weight excluding hydrogens is 397 g/mol. The highest BCUT2D eigenvalue weighted by molar-refractivity contribution is 9.10. The van der Waals surface area contributed by atoms with E-state index < -0.39 is 31.2 Å². The minimum Gasteiger partial charge on any atom is -0.376 e. The lowest BCUT2D eigenvalue weighted by Gasteiger charge is -2.54. The van der Waals surface area contributed by atoms with Crippen LogP contribution in [0, 0.1) is 5.82 Å². The van der Waals surface area contributed by atoms with Crippen LogP contribution in [0.15, 0.2) is 34.9 Å². The first kappa shape index (κ1) is 17.9. The van der Waals surface area contributed by atoms with Crippen molar-refractivity contribution in [3.63, 3.8) is 0 Å². The standard InChI is InChI=1S/C17H21BrFNO3S/c1-10-7-15-17(9-23-10,13-8-12(18)5-6-14(13)19)20-11(2)16(3,4)24(15,21)22/h5-6,8,10,15,20H,2,7,9H2,1,3-4H3. The van der Waals surface area contributed by atoms with Crippen LogP contribution in [0.5, 0.6) is 0 Å². The van der Waals surface area contributed by atoms with Gasteiger partial charge in [-0.3, -0.25) is 0 Å². The molecule has 2 fully saturated rings. The van der Waals surface area contributed by atoms with E-state index in [4.69, 9.17) is 4.74 Å². The summed E-state index contributed by atoms with van der Waals surface area (Å²) in [5, 5.41) is 2.43. The van der Waals surface area contributed by atoms with E-state index in [-0.39, 0.29) is 18.3 Å². The van der Waals surface area contributed by atoms with Gasteiger partial charge >= 0.3 is 0 Å². The van der Waals surface area contributed by atoms with Crippen LogP contribution in [0.3, 0.4) is 0 Å². The fraction of sp³-hybridized carbons (Fsp3) is 0.529. The van der Waals surface area contributed by atoms with Crippen molar-refractivity contribution in [1.29, 1.82) is 0 Å². The van der Waals surface area contributed by atoms with Crippen molar-refractivity contribution in [2.75, 3.05) is 6.61 Å². The van der Waals surface area contributed by atoms with Gasteiger partial charge in [-0.1, -0.05) is 22.5 Å². The van der Waals surface area contributed by atoms with Gasteiger partial charge in [-0.15, -0.1) is 0 Å². The van der Waals surface area contributed by atoms with Crippen LogP contribution < -0.4 is 5.32 Å². The van der Waals surface area contributed by atoms with Gasteiger partial charge < -0.3 is 10.1 Å². The van der Waals surface area contributed by atoms with Crippen LogP contribution in [-0.2, 0) is 20.1 Å². The Kier molecular flexibility index (Phi) is 4.13. The van der Waals surface area contributed by atoms with Crippen molar-refractivity contribution in [2.45, 2.75) is 48.8 Å². The zero-order chi connectivity index (χ0) is 17.9. The van der Waals surface area contributed by atoms with Crippen molar-refractivity contribution in [2.24, 2.45) is 0 Å². The molecule has 2 saturated heterocycles. The van der Waals surface area contributed by atoms with Crippen LogP contribution in [0.4, 0.5) is 4.39 Å². The number of halogens is 2. The smallest absolute Gasteiger partial charge is 0.166 e. The summed E-state index contributed by atoms with van der Waals surface area (Å²) in [4.78, 5) is 0. The lowest BCUT2D eigenvalue weighted by molar-refractivity contribution is -0.0313. The maximum Gasteiger partial charge on any atom is 0.166 e. The average molecular weight is 418 g/mol. The molecule has 1 aromatic rings. The van der Waals surface area contributed by atoms with Gasteiger partial charge in [-0.2, -0.15) is 0 Å². The molecule has 0 amide bonds. The van der Waals surface area contributed by atoms with E-state index in [9.17, 15) is 12.8 Å². The molecule has 0 saturated carbocycles. The molecule has 0 radical (unpaired) electrons. The minimum absolute atomic E-state index is 0.0700. The monoisotopic (exact) mass is 417 g/mol. The van der Waals surface area contributed by atoms with Gasteiger partial charge in [0.15, 0.2) is 9.84 Å². The predicted molar refractivity (Wildman–Crippen MR) is 94.9 cm³/mol. The first-order valence-electron chi connectivity index (χ1n) is 7.80. The number of hydrogen-bond donors (Lipinski definition) is 1. The summed E-state index contributed by atoms with van der Waals surface area (Å²) >= 11 is 3.35. The number of rotatable bonds is 1. The summed E-state index contributed by atoms with van der Waals surface area (Å²) in [6.45, 7) is 9.10. The van der Waals surface area contributed by atoms with Gasteiger partial charge in [0.25, 0.3) is 0 Å². The maximum atomic E-state index is 14.6. The third kappa shape index (κ3) is 2.35. The number of sulfone groups is 1. The summed E-state index contributed by atoms with van der Waals surface area (Å²) in [6.07, 6.45) is 0.0925. The summed E-state index contributed by atoms with van der Waals surface area (Å²) in [5.74, 6) is -0.462. The molecule has 1 aromatic carbocycles. The van der Waals surface area contributed by atoms with Crippen molar-refractivity contribution < 1.29 is 17.5 Å². The van der Waals surface area contributed by atoms with Gasteiger partial charge in [0.1, 0.15) is 16.1 Å². The second-order valence-corrected chi connectivity index (χ2v) is 10.7. The van der Waals surface area contributed by atoms with Crippen molar-refractivity contribution >= 4 is 25.8 Å². The first-order valence-corrected chi connectivity index (χ1v) is 10.1. The van der Waals surface area contributed by atoms with Crippen LogP contribution in [0.1, 0.15) is 32.8 Å². The number of fused-ring (bicyclic) bond motifs is 1. The third-order valence-corrected chi connectivity index (χ3v) is 8.79. The van der Waals surface area contributed by atoms with Crippen molar-refractivity contribution in [3.8, 4) is 0 Å². The SMILES string of the molecule is C=C1NC2(c3cc(Br)ccc3F)COC(C)CC2S(=O)(=O)C1(C)C. The Morgan fingerprint density at radius 2 is 2.08 bits per heavy atom. The lowest BCUT2D eigenvalue weighted by Crippen LogP contribution is -2.69. The number of hydrogen-bond acceptors (Lipinski definition) is 4. The fourth-order valence-corrected chi connectivity index (χ4v) is 6.33. The quantitative estimate of drug-likeness (QED) is 0.761. The van der Waals surface area contributed by atoms with E-state index in [0.717, 1.165) is 0 Å². The van der Waals surface area contributed by atoms with Crippen LogP contribution >= 0.6 is 15.9 Å². The van der Waals surface area contributed by atoms with E-state index in [1.165, 1.54) is 6.07 Å². The lowest BCUT2D eigenvalue weighted by atomic mass is 9.81. The molecule has 2 aliphatic heterocycles. The Morgan fingerprint density at radius 3 is 2.75 bits per heavy atom. The van der Waals surface area contributed by atoms with Gasteiger partial charge in [0.05, 0.1) is 18.0 Å². The number of benzene rings is 1. The summed E-state index contributed by atoms with van der Waals surface area (Å²) in [6, 6.07) is 4.54. The Labute approximate surface area is 150 Å². The molecular formula is C17H21BrFNO3S. The predicted octanol–water partition coefficient (Wildman–Crippen LogP) is 3.27. The van der Waals surface area contributed by atoms with E-state index in [1.54, 1.807) is 26.0 Å². The van der Waals surface area contributed by atoms with Crippen molar-refractivity contribution in [3.05, 3.63) is 46.3 Å². The van der Waals surface area contributed by atoms with E-state index in [1.807, 2.05) is 6.92 Å². The third-order valence-electron chi connectivity index (χ3n) is 5.29. The normalized spacial score (nSPS) is 34.3. The molecule has 3 unspecified atom stereocenters. The first-order chi connectivity index (χ1) is 11.0. The molecule has 2 aliphatic rings. The van der Waals surface area contributed by atoms with Crippen LogP contribution in [0.2, 0.25) is 0 Å². The van der Waals surface area contributed by atoms with E-state index in [0.29, 0.717) is 16.6 Å². The number of ether oxygens (including phenoxy) is 1. The molecule has 2 heterocycles. The molecule has 4 nitrogen and oxygen atoms in total. The Morgan fingerprint density at radius 1 is 1.42 bits per heavy atom. The minimum atomic E-state index is -3.60. The molecule has 0 aliphatic carbocycles. The highest BCUT2D eigenvalue weighted by Crippen LogP contribution is 2.48. The fourth-order valence-electron chi connectivity index (χ4n) is 3.55. The summed E-state index contributed by atoms with van der Waals surface area (Å²) in [5.41, 5.74) is -0.531. The van der Waals surface area contributed by atoms with Crippen molar-refractivity contribution in [1.82, 2.24) is 5.32 Å². The molecule has 1 N–H and O–H groups in total. The van der Waals surface area contributed by atoms with Crippen LogP contribution in [0.25, 0.3) is 0 Å². The highest BCUT2D eigenvalue weighted by atomic mass is 79.9. The topological polar surface area (TPSA) is 55.4 Å². The molecule has 132 valence electrons. The van der Waals surface area contributed by atoms with Gasteiger partial charge in [-0.25, -0.2) is 12.8 Å². The highest BCUT2D eigenvalue weighted by Gasteiger charge is 2.61. The zero-order valence-corrected chi connectivity index (χ0v) is 16.3. The van der Waals surface area contributed by atoms with Gasteiger partial charge in [0.2, 0.25) is 0 Å². The van der Waals surface area contributed by atoms with E-state index in [2.05, 4.69) is 27.8 Å². The molecule has 7 heteroatoms. The molecule has 0 bridgehead atoms.